The van der Waals surface area contributed by atoms with Crippen LogP contribution in [0.4, 0.5) is 11.6 Å². The molecule has 4 nitrogen and oxygen atoms in total. The van der Waals surface area contributed by atoms with Crippen molar-refractivity contribution in [2.24, 2.45) is 0 Å². The summed E-state index contributed by atoms with van der Waals surface area (Å²) in [5, 5.41) is 3.27. The Kier molecular flexibility index (Phi) is 4.69. The van der Waals surface area contributed by atoms with Crippen LogP contribution in [0.3, 0.4) is 0 Å². The molecular weight excluding hydrogens is 248 g/mol. The van der Waals surface area contributed by atoms with E-state index < -0.39 is 0 Å². The first-order valence-electron chi connectivity index (χ1n) is 6.94. The second-order valence-corrected chi connectivity index (χ2v) is 5.02. The predicted octanol–water partition coefficient (Wildman–Crippen LogP) is 2.97. The molecule has 0 atom stereocenters. The molecule has 0 aliphatic heterocycles. The number of anilines is 2. The zero-order valence-corrected chi connectivity index (χ0v) is 12.6. The van der Waals surface area contributed by atoms with E-state index in [1.165, 1.54) is 11.1 Å². The fourth-order valence-corrected chi connectivity index (χ4v) is 2.17. The van der Waals surface area contributed by atoms with Crippen LogP contribution in [0.2, 0.25) is 0 Å². The molecule has 0 spiro atoms. The van der Waals surface area contributed by atoms with Crippen molar-refractivity contribution in [3.8, 4) is 0 Å². The Bertz CT molecular complexity index is 563. The quantitative estimate of drug-likeness (QED) is 0.907. The minimum atomic E-state index is 0.720. The topological polar surface area (TPSA) is 41.1 Å². The van der Waals surface area contributed by atoms with Gasteiger partial charge in [-0.3, -0.25) is 0 Å². The molecule has 2 aromatic rings. The summed E-state index contributed by atoms with van der Waals surface area (Å²) in [6.45, 7) is 8.05. The number of nitrogens with zero attached hydrogens (tertiary/aromatic N) is 3. The van der Waals surface area contributed by atoms with Gasteiger partial charge in [0.2, 0.25) is 5.95 Å². The summed E-state index contributed by atoms with van der Waals surface area (Å²) in [5.41, 5.74) is 4.73. The zero-order chi connectivity index (χ0) is 14.5. The van der Waals surface area contributed by atoms with E-state index in [-0.39, 0.29) is 0 Å². The summed E-state index contributed by atoms with van der Waals surface area (Å²) in [6, 6.07) is 6.39. The molecule has 0 bridgehead atoms. The number of aromatic nitrogens is 2. The monoisotopic (exact) mass is 270 g/mol. The standard InChI is InChI=1S/C16H22N4/c1-5-17-9-14-10-18-16(19-11-14)20(4)15-7-6-12(2)8-13(15)3/h6-8,10-11,17H,5,9H2,1-4H3. The smallest absolute Gasteiger partial charge is 0.229 e. The van der Waals surface area contributed by atoms with E-state index in [2.05, 4.69) is 54.3 Å². The highest BCUT2D eigenvalue weighted by Gasteiger charge is 2.09. The lowest BCUT2D eigenvalue weighted by Gasteiger charge is -2.19. The molecule has 4 heteroatoms. The molecule has 0 aliphatic carbocycles. The fraction of sp³-hybridized carbons (Fsp3) is 0.375. The number of benzene rings is 1. The maximum atomic E-state index is 4.45. The summed E-state index contributed by atoms with van der Waals surface area (Å²) in [7, 11) is 2.00. The maximum absolute atomic E-state index is 4.45. The van der Waals surface area contributed by atoms with E-state index >= 15 is 0 Å². The normalized spacial score (nSPS) is 10.6. The number of hydrogen-bond donors (Lipinski definition) is 1. The molecule has 0 saturated heterocycles. The van der Waals surface area contributed by atoms with Crippen molar-refractivity contribution >= 4 is 11.6 Å². The summed E-state index contributed by atoms with van der Waals surface area (Å²) in [6.07, 6.45) is 3.76. The van der Waals surface area contributed by atoms with Crippen LogP contribution < -0.4 is 10.2 Å². The Labute approximate surface area is 120 Å². The van der Waals surface area contributed by atoms with Crippen molar-refractivity contribution < 1.29 is 0 Å². The second kappa shape index (κ2) is 6.48. The van der Waals surface area contributed by atoms with Crippen LogP contribution >= 0.6 is 0 Å². The van der Waals surface area contributed by atoms with Gasteiger partial charge in [0.1, 0.15) is 0 Å². The number of nitrogens with one attached hydrogen (secondary N) is 1. The third-order valence-electron chi connectivity index (χ3n) is 3.28. The molecule has 106 valence electrons. The number of hydrogen-bond acceptors (Lipinski definition) is 4. The first-order chi connectivity index (χ1) is 9.61. The molecule has 0 saturated carbocycles. The predicted molar refractivity (Wildman–Crippen MR) is 83.4 cm³/mol. The largest absolute Gasteiger partial charge is 0.313 e. The Morgan fingerprint density at radius 2 is 1.85 bits per heavy atom. The minimum Gasteiger partial charge on any atom is -0.313 e. The summed E-state index contributed by atoms with van der Waals surface area (Å²) in [5.74, 6) is 0.720. The second-order valence-electron chi connectivity index (χ2n) is 5.02. The third kappa shape index (κ3) is 3.33. The molecule has 0 unspecified atom stereocenters. The van der Waals surface area contributed by atoms with Crippen LogP contribution in [0.5, 0.6) is 0 Å². The number of rotatable bonds is 5. The molecule has 0 aliphatic rings. The molecule has 0 fully saturated rings. The molecule has 1 N–H and O–H groups in total. The lowest BCUT2D eigenvalue weighted by Crippen LogP contribution is -2.16. The van der Waals surface area contributed by atoms with Gasteiger partial charge in [-0.05, 0) is 32.0 Å². The lowest BCUT2D eigenvalue weighted by atomic mass is 10.1. The van der Waals surface area contributed by atoms with Gasteiger partial charge in [-0.2, -0.15) is 0 Å². The van der Waals surface area contributed by atoms with Crippen molar-refractivity contribution in [2.75, 3.05) is 18.5 Å². The van der Waals surface area contributed by atoms with Crippen molar-refractivity contribution in [3.05, 3.63) is 47.3 Å². The van der Waals surface area contributed by atoms with E-state index in [1.807, 2.05) is 24.3 Å². The highest BCUT2D eigenvalue weighted by Crippen LogP contribution is 2.24. The van der Waals surface area contributed by atoms with Crippen molar-refractivity contribution in [1.29, 1.82) is 0 Å². The Hall–Kier alpha value is -1.94. The Morgan fingerprint density at radius 3 is 2.45 bits per heavy atom. The van der Waals surface area contributed by atoms with E-state index in [9.17, 15) is 0 Å². The maximum Gasteiger partial charge on any atom is 0.229 e. The molecule has 0 radical (unpaired) electrons. The summed E-state index contributed by atoms with van der Waals surface area (Å²) < 4.78 is 0. The van der Waals surface area contributed by atoms with Gasteiger partial charge in [-0.1, -0.05) is 24.6 Å². The van der Waals surface area contributed by atoms with Crippen LogP contribution in [0, 0.1) is 13.8 Å². The molecule has 1 aromatic heterocycles. The molecule has 2 rings (SSSR count). The average molecular weight is 270 g/mol. The van der Waals surface area contributed by atoms with E-state index in [1.54, 1.807) is 0 Å². The molecule has 1 aromatic carbocycles. The van der Waals surface area contributed by atoms with Gasteiger partial charge in [0, 0.05) is 37.2 Å². The molecule has 0 amide bonds. The third-order valence-corrected chi connectivity index (χ3v) is 3.28. The highest BCUT2D eigenvalue weighted by atomic mass is 15.2. The van der Waals surface area contributed by atoms with Gasteiger partial charge in [0.15, 0.2) is 0 Å². The van der Waals surface area contributed by atoms with Gasteiger partial charge in [-0.15, -0.1) is 0 Å². The van der Waals surface area contributed by atoms with Gasteiger partial charge in [0.05, 0.1) is 0 Å². The molecule has 1 heterocycles. The van der Waals surface area contributed by atoms with Crippen molar-refractivity contribution in [1.82, 2.24) is 15.3 Å². The highest BCUT2D eigenvalue weighted by molar-refractivity contribution is 5.61. The van der Waals surface area contributed by atoms with Gasteiger partial charge < -0.3 is 10.2 Å². The number of aryl methyl sites for hydroxylation is 2. The van der Waals surface area contributed by atoms with E-state index in [4.69, 9.17) is 0 Å². The molecule has 20 heavy (non-hydrogen) atoms. The van der Waals surface area contributed by atoms with Crippen molar-refractivity contribution in [2.45, 2.75) is 27.3 Å². The van der Waals surface area contributed by atoms with Crippen LogP contribution in [0.25, 0.3) is 0 Å². The van der Waals surface area contributed by atoms with Gasteiger partial charge in [-0.25, -0.2) is 9.97 Å². The Morgan fingerprint density at radius 1 is 1.15 bits per heavy atom. The first-order valence-corrected chi connectivity index (χ1v) is 6.94. The average Bonchev–Trinajstić information content (AvgIpc) is 2.45. The lowest BCUT2D eigenvalue weighted by molar-refractivity contribution is 0.721. The minimum absolute atomic E-state index is 0.720. The summed E-state index contributed by atoms with van der Waals surface area (Å²) in [4.78, 5) is 10.9. The Balaban J connectivity index is 2.18. The SMILES string of the molecule is CCNCc1cnc(N(C)c2ccc(C)cc2C)nc1. The molecular formula is C16H22N4. The van der Waals surface area contributed by atoms with E-state index in [0.717, 1.165) is 30.3 Å². The van der Waals surface area contributed by atoms with Crippen LogP contribution in [0.1, 0.15) is 23.6 Å². The van der Waals surface area contributed by atoms with Gasteiger partial charge in [0.25, 0.3) is 0 Å². The summed E-state index contributed by atoms with van der Waals surface area (Å²) >= 11 is 0. The van der Waals surface area contributed by atoms with Gasteiger partial charge >= 0.3 is 0 Å². The zero-order valence-electron chi connectivity index (χ0n) is 12.6. The van der Waals surface area contributed by atoms with E-state index in [0.29, 0.717) is 0 Å². The fourth-order valence-electron chi connectivity index (χ4n) is 2.17. The van der Waals surface area contributed by atoms with Crippen molar-refractivity contribution in [3.63, 3.8) is 0 Å². The van der Waals surface area contributed by atoms with Crippen LogP contribution in [0.15, 0.2) is 30.6 Å². The van der Waals surface area contributed by atoms with Crippen LogP contribution in [-0.4, -0.2) is 23.6 Å². The van der Waals surface area contributed by atoms with Crippen LogP contribution in [-0.2, 0) is 6.54 Å². The first kappa shape index (κ1) is 14.5.